The Kier molecular flexibility index (Phi) is 4.37. The van der Waals surface area contributed by atoms with Gasteiger partial charge >= 0.3 is 0 Å². The number of hydrogen-bond acceptors (Lipinski definition) is 3. The molecule has 1 saturated heterocycles. The Labute approximate surface area is 108 Å². The number of nitrogens with zero attached hydrogens (tertiary/aromatic N) is 2. The van der Waals surface area contributed by atoms with Gasteiger partial charge in [-0.3, -0.25) is 9.88 Å². The van der Waals surface area contributed by atoms with E-state index in [0.29, 0.717) is 5.88 Å². The molecule has 0 aliphatic carbocycles. The summed E-state index contributed by atoms with van der Waals surface area (Å²) in [6.45, 7) is 6.92. The summed E-state index contributed by atoms with van der Waals surface area (Å²) < 4.78 is 5.74. The summed E-state index contributed by atoms with van der Waals surface area (Å²) in [6.07, 6.45) is 2.24. The molecule has 17 heavy (non-hydrogen) atoms. The van der Waals surface area contributed by atoms with Crippen LogP contribution >= 0.6 is 11.6 Å². The molecule has 2 heterocycles. The van der Waals surface area contributed by atoms with Gasteiger partial charge in [0.2, 0.25) is 0 Å². The monoisotopic (exact) mass is 254 g/mol. The molecule has 2 unspecified atom stereocenters. The van der Waals surface area contributed by atoms with Crippen LogP contribution in [0.25, 0.3) is 0 Å². The fourth-order valence-electron chi connectivity index (χ4n) is 2.25. The first-order chi connectivity index (χ1) is 8.19. The van der Waals surface area contributed by atoms with Gasteiger partial charge in [-0.15, -0.1) is 11.6 Å². The maximum Gasteiger partial charge on any atom is 0.0841 e. The van der Waals surface area contributed by atoms with Crippen LogP contribution in [-0.2, 0) is 11.3 Å². The van der Waals surface area contributed by atoms with Crippen molar-refractivity contribution in [2.24, 2.45) is 0 Å². The van der Waals surface area contributed by atoms with Gasteiger partial charge in [0.05, 0.1) is 17.9 Å². The predicted molar refractivity (Wildman–Crippen MR) is 69.3 cm³/mol. The van der Waals surface area contributed by atoms with Crippen LogP contribution in [0.1, 0.15) is 18.2 Å². The molecule has 1 aliphatic rings. The second-order valence-corrected chi connectivity index (χ2v) is 4.99. The number of pyridine rings is 1. The molecule has 0 N–H and O–H groups in total. The van der Waals surface area contributed by atoms with Crippen molar-refractivity contribution in [1.29, 1.82) is 0 Å². The van der Waals surface area contributed by atoms with Crippen LogP contribution < -0.4 is 0 Å². The summed E-state index contributed by atoms with van der Waals surface area (Å²) in [4.78, 5) is 6.80. The third kappa shape index (κ3) is 3.41. The van der Waals surface area contributed by atoms with E-state index in [1.54, 1.807) is 0 Å². The van der Waals surface area contributed by atoms with Gasteiger partial charge in [-0.1, -0.05) is 6.07 Å². The SMILES string of the molecule is Cc1cccnc1CN1CC(C)OC(CCl)C1. The third-order valence-corrected chi connectivity index (χ3v) is 3.41. The molecular weight excluding hydrogens is 236 g/mol. The van der Waals surface area contributed by atoms with Crippen molar-refractivity contribution < 1.29 is 4.74 Å². The number of rotatable bonds is 3. The summed E-state index contributed by atoms with van der Waals surface area (Å²) in [5, 5.41) is 0. The number of halogens is 1. The molecule has 0 amide bonds. The zero-order valence-corrected chi connectivity index (χ0v) is 11.2. The third-order valence-electron chi connectivity index (χ3n) is 3.07. The van der Waals surface area contributed by atoms with Gasteiger partial charge in [-0.25, -0.2) is 0 Å². The van der Waals surface area contributed by atoms with Crippen LogP contribution in [0, 0.1) is 6.92 Å². The highest BCUT2D eigenvalue weighted by atomic mass is 35.5. The molecule has 0 aromatic carbocycles. The van der Waals surface area contributed by atoms with E-state index in [1.165, 1.54) is 5.56 Å². The molecule has 3 nitrogen and oxygen atoms in total. The Hall–Kier alpha value is -0.640. The highest BCUT2D eigenvalue weighted by molar-refractivity contribution is 6.18. The largest absolute Gasteiger partial charge is 0.371 e. The minimum absolute atomic E-state index is 0.143. The van der Waals surface area contributed by atoms with Crippen molar-refractivity contribution in [1.82, 2.24) is 9.88 Å². The van der Waals surface area contributed by atoms with Crippen molar-refractivity contribution >= 4 is 11.6 Å². The van der Waals surface area contributed by atoms with Gasteiger partial charge in [0, 0.05) is 31.7 Å². The summed E-state index contributed by atoms with van der Waals surface area (Å²) in [5.74, 6) is 0.558. The van der Waals surface area contributed by atoms with Crippen LogP contribution in [0.5, 0.6) is 0 Å². The molecule has 0 bridgehead atoms. The summed E-state index contributed by atoms with van der Waals surface area (Å²) in [7, 11) is 0. The van der Waals surface area contributed by atoms with Crippen LogP contribution in [-0.4, -0.2) is 41.1 Å². The van der Waals surface area contributed by atoms with Crippen molar-refractivity contribution in [3.8, 4) is 0 Å². The fourth-order valence-corrected chi connectivity index (χ4v) is 2.42. The molecule has 2 rings (SSSR count). The Morgan fingerprint density at radius 2 is 2.35 bits per heavy atom. The van der Waals surface area contributed by atoms with E-state index in [2.05, 4.69) is 29.8 Å². The van der Waals surface area contributed by atoms with Crippen LogP contribution in [0.15, 0.2) is 18.3 Å². The lowest BCUT2D eigenvalue weighted by Crippen LogP contribution is -2.46. The summed E-state index contributed by atoms with van der Waals surface area (Å²) >= 11 is 5.88. The van der Waals surface area contributed by atoms with Gasteiger partial charge in [-0.05, 0) is 25.5 Å². The van der Waals surface area contributed by atoms with E-state index < -0.39 is 0 Å². The molecule has 1 aromatic heterocycles. The smallest absolute Gasteiger partial charge is 0.0841 e. The van der Waals surface area contributed by atoms with E-state index in [1.807, 2.05) is 12.3 Å². The van der Waals surface area contributed by atoms with Crippen molar-refractivity contribution in [2.45, 2.75) is 32.6 Å². The zero-order valence-electron chi connectivity index (χ0n) is 10.4. The van der Waals surface area contributed by atoms with Crippen LogP contribution in [0.3, 0.4) is 0 Å². The molecule has 94 valence electrons. The maximum atomic E-state index is 5.88. The van der Waals surface area contributed by atoms with Crippen molar-refractivity contribution in [2.75, 3.05) is 19.0 Å². The number of morpholine rings is 1. The molecule has 1 aromatic rings. The lowest BCUT2D eigenvalue weighted by atomic mass is 10.1. The summed E-state index contributed by atoms with van der Waals surface area (Å²) in [6, 6.07) is 4.08. The average molecular weight is 255 g/mol. The molecule has 2 atom stereocenters. The predicted octanol–water partition coefficient (Wildman–Crippen LogP) is 2.22. The van der Waals surface area contributed by atoms with E-state index >= 15 is 0 Å². The molecule has 0 radical (unpaired) electrons. The van der Waals surface area contributed by atoms with E-state index in [0.717, 1.165) is 25.3 Å². The van der Waals surface area contributed by atoms with Crippen LogP contribution in [0.2, 0.25) is 0 Å². The van der Waals surface area contributed by atoms with Crippen molar-refractivity contribution in [3.05, 3.63) is 29.6 Å². The lowest BCUT2D eigenvalue weighted by molar-refractivity contribution is -0.0692. The normalized spacial score (nSPS) is 26.1. The number of alkyl halides is 1. The first-order valence-corrected chi connectivity index (χ1v) is 6.56. The van der Waals surface area contributed by atoms with E-state index in [9.17, 15) is 0 Å². The minimum Gasteiger partial charge on any atom is -0.371 e. The zero-order chi connectivity index (χ0) is 12.3. The highest BCUT2D eigenvalue weighted by Gasteiger charge is 2.24. The topological polar surface area (TPSA) is 25.4 Å². The minimum atomic E-state index is 0.143. The summed E-state index contributed by atoms with van der Waals surface area (Å²) in [5.41, 5.74) is 2.39. The first-order valence-electron chi connectivity index (χ1n) is 6.03. The first kappa shape index (κ1) is 12.8. The number of aryl methyl sites for hydroxylation is 1. The second-order valence-electron chi connectivity index (χ2n) is 4.68. The number of ether oxygens (including phenoxy) is 1. The van der Waals surface area contributed by atoms with E-state index in [-0.39, 0.29) is 12.2 Å². The maximum absolute atomic E-state index is 5.88. The Bertz CT molecular complexity index is 372. The molecule has 4 heteroatoms. The fraction of sp³-hybridized carbons (Fsp3) is 0.615. The Morgan fingerprint density at radius 3 is 3.06 bits per heavy atom. The van der Waals surface area contributed by atoms with Crippen LogP contribution in [0.4, 0.5) is 0 Å². The lowest BCUT2D eigenvalue weighted by Gasteiger charge is -2.36. The number of aromatic nitrogens is 1. The van der Waals surface area contributed by atoms with Gasteiger partial charge < -0.3 is 4.74 Å². The molecule has 0 saturated carbocycles. The highest BCUT2D eigenvalue weighted by Crippen LogP contribution is 2.15. The molecule has 1 fully saturated rings. The van der Waals surface area contributed by atoms with Crippen molar-refractivity contribution in [3.63, 3.8) is 0 Å². The Balaban J connectivity index is 2.01. The molecular formula is C13H19ClN2O. The Morgan fingerprint density at radius 1 is 1.53 bits per heavy atom. The van der Waals surface area contributed by atoms with E-state index in [4.69, 9.17) is 16.3 Å². The van der Waals surface area contributed by atoms with Gasteiger partial charge in [0.15, 0.2) is 0 Å². The quantitative estimate of drug-likeness (QED) is 0.774. The standard InChI is InChI=1S/C13H19ClN2O/c1-10-4-3-5-15-13(10)9-16-7-11(2)17-12(6-14)8-16/h3-5,11-12H,6-9H2,1-2H3. The number of hydrogen-bond donors (Lipinski definition) is 0. The molecule has 0 spiro atoms. The van der Waals surface area contributed by atoms with Gasteiger partial charge in [0.1, 0.15) is 0 Å². The second kappa shape index (κ2) is 5.80. The average Bonchev–Trinajstić information content (AvgIpc) is 2.31. The van der Waals surface area contributed by atoms with Gasteiger partial charge in [0.25, 0.3) is 0 Å². The van der Waals surface area contributed by atoms with Gasteiger partial charge in [-0.2, -0.15) is 0 Å². The molecule has 1 aliphatic heterocycles.